The Morgan fingerprint density at radius 2 is 2.06 bits per heavy atom. The quantitative estimate of drug-likeness (QED) is 0.834. The van der Waals surface area contributed by atoms with Crippen LogP contribution in [-0.4, -0.2) is 14.8 Å². The Balaban J connectivity index is 2.79. The van der Waals surface area contributed by atoms with Crippen molar-refractivity contribution in [2.24, 2.45) is 7.05 Å². The zero-order valence-corrected chi connectivity index (χ0v) is 9.42. The molecule has 5 heteroatoms. The van der Waals surface area contributed by atoms with Gasteiger partial charge in [-0.1, -0.05) is 12.7 Å². The van der Waals surface area contributed by atoms with Crippen molar-refractivity contribution in [2.75, 3.05) is 5.73 Å². The maximum atomic E-state index is 11.6. The molecule has 0 aromatic carbocycles. The van der Waals surface area contributed by atoms with Gasteiger partial charge < -0.3 is 5.73 Å². The Morgan fingerprint density at radius 1 is 1.41 bits per heavy atom. The standard InChI is InChI=1S/C12H12N4O/c1-3-9-10(13)12(17)16(2)15-11(9)8-4-6-14-7-5-8/h3-7H,1,13H2,2H3. The van der Waals surface area contributed by atoms with Gasteiger partial charge in [-0.05, 0) is 12.1 Å². The lowest BCUT2D eigenvalue weighted by Crippen LogP contribution is -2.24. The zero-order valence-electron chi connectivity index (χ0n) is 9.42. The van der Waals surface area contributed by atoms with Gasteiger partial charge in [-0.25, -0.2) is 4.68 Å². The number of rotatable bonds is 2. The van der Waals surface area contributed by atoms with Crippen LogP contribution in [0.3, 0.4) is 0 Å². The van der Waals surface area contributed by atoms with E-state index in [0.717, 1.165) is 5.56 Å². The average molecular weight is 228 g/mol. The third kappa shape index (κ3) is 1.82. The van der Waals surface area contributed by atoms with Gasteiger partial charge in [0.1, 0.15) is 11.4 Å². The summed E-state index contributed by atoms with van der Waals surface area (Å²) in [7, 11) is 1.57. The molecule has 0 aliphatic carbocycles. The topological polar surface area (TPSA) is 73.8 Å². The summed E-state index contributed by atoms with van der Waals surface area (Å²) in [4.78, 5) is 15.6. The van der Waals surface area contributed by atoms with E-state index < -0.39 is 0 Å². The van der Waals surface area contributed by atoms with E-state index in [1.807, 2.05) is 0 Å². The van der Waals surface area contributed by atoms with Crippen molar-refractivity contribution in [2.45, 2.75) is 0 Å². The van der Waals surface area contributed by atoms with E-state index in [2.05, 4.69) is 16.7 Å². The van der Waals surface area contributed by atoms with Crippen LogP contribution in [0.2, 0.25) is 0 Å². The normalized spacial score (nSPS) is 10.2. The fourth-order valence-electron chi connectivity index (χ4n) is 1.60. The number of anilines is 1. The molecule has 2 aromatic heterocycles. The highest BCUT2D eigenvalue weighted by Crippen LogP contribution is 2.23. The van der Waals surface area contributed by atoms with Gasteiger partial charge >= 0.3 is 0 Å². The number of nitrogen functional groups attached to an aromatic ring is 1. The molecule has 0 amide bonds. The summed E-state index contributed by atoms with van der Waals surface area (Å²) in [5.41, 5.74) is 7.63. The first-order valence-corrected chi connectivity index (χ1v) is 5.04. The summed E-state index contributed by atoms with van der Waals surface area (Å²) in [6.45, 7) is 3.66. The molecule has 0 saturated heterocycles. The van der Waals surface area contributed by atoms with E-state index in [4.69, 9.17) is 5.73 Å². The zero-order chi connectivity index (χ0) is 12.4. The molecule has 17 heavy (non-hydrogen) atoms. The van der Waals surface area contributed by atoms with E-state index in [-0.39, 0.29) is 11.2 Å². The largest absolute Gasteiger partial charge is 0.394 e. The summed E-state index contributed by atoms with van der Waals surface area (Å²) in [5.74, 6) is 0. The van der Waals surface area contributed by atoms with E-state index in [0.29, 0.717) is 11.3 Å². The second-order valence-electron chi connectivity index (χ2n) is 3.54. The minimum atomic E-state index is -0.322. The van der Waals surface area contributed by atoms with Crippen molar-refractivity contribution in [3.05, 3.63) is 47.0 Å². The molecule has 86 valence electrons. The minimum absolute atomic E-state index is 0.157. The summed E-state index contributed by atoms with van der Waals surface area (Å²) in [6, 6.07) is 3.61. The SMILES string of the molecule is C=Cc1c(-c2ccncc2)nn(C)c(=O)c1N. The Labute approximate surface area is 98.2 Å². The Kier molecular flexibility index (Phi) is 2.74. The molecule has 0 spiro atoms. The highest BCUT2D eigenvalue weighted by atomic mass is 16.1. The molecule has 5 nitrogen and oxygen atoms in total. The smallest absolute Gasteiger partial charge is 0.290 e. The molecule has 2 heterocycles. The monoisotopic (exact) mass is 228 g/mol. The van der Waals surface area contributed by atoms with Gasteiger partial charge in [-0.2, -0.15) is 5.10 Å². The Morgan fingerprint density at radius 3 is 2.65 bits per heavy atom. The Bertz CT molecular complexity index is 616. The van der Waals surface area contributed by atoms with Gasteiger partial charge in [0.25, 0.3) is 5.56 Å². The van der Waals surface area contributed by atoms with Gasteiger partial charge in [0, 0.05) is 30.6 Å². The number of aromatic nitrogens is 3. The molecule has 2 aromatic rings. The highest BCUT2D eigenvalue weighted by Gasteiger charge is 2.12. The number of nitrogens with zero attached hydrogens (tertiary/aromatic N) is 3. The Hall–Kier alpha value is -2.43. The second kappa shape index (κ2) is 4.21. The first-order chi connectivity index (χ1) is 8.15. The van der Waals surface area contributed by atoms with E-state index in [1.54, 1.807) is 37.7 Å². The van der Waals surface area contributed by atoms with Crippen molar-refractivity contribution in [3.8, 4) is 11.3 Å². The average Bonchev–Trinajstić information content (AvgIpc) is 2.36. The van der Waals surface area contributed by atoms with E-state index >= 15 is 0 Å². The van der Waals surface area contributed by atoms with Crippen molar-refractivity contribution in [1.29, 1.82) is 0 Å². The lowest BCUT2D eigenvalue weighted by Gasteiger charge is -2.09. The van der Waals surface area contributed by atoms with Crippen molar-refractivity contribution in [3.63, 3.8) is 0 Å². The maximum Gasteiger partial charge on any atom is 0.290 e. The molecule has 0 bridgehead atoms. The fourth-order valence-corrected chi connectivity index (χ4v) is 1.60. The molecule has 0 saturated carbocycles. The van der Waals surface area contributed by atoms with Crippen molar-refractivity contribution < 1.29 is 0 Å². The summed E-state index contributed by atoms with van der Waals surface area (Å²) in [5, 5.41) is 4.20. The van der Waals surface area contributed by atoms with Crippen LogP contribution in [0.15, 0.2) is 35.9 Å². The van der Waals surface area contributed by atoms with Crippen LogP contribution in [-0.2, 0) is 7.05 Å². The third-order valence-electron chi connectivity index (χ3n) is 2.48. The number of aryl methyl sites for hydroxylation is 1. The first kappa shape index (κ1) is 11.1. The van der Waals surface area contributed by atoms with Crippen LogP contribution in [0.4, 0.5) is 5.69 Å². The molecular formula is C12H12N4O. The molecular weight excluding hydrogens is 216 g/mol. The van der Waals surface area contributed by atoms with Gasteiger partial charge in [-0.3, -0.25) is 9.78 Å². The summed E-state index contributed by atoms with van der Waals surface area (Å²) in [6.07, 6.45) is 4.86. The first-order valence-electron chi connectivity index (χ1n) is 5.04. The van der Waals surface area contributed by atoms with Gasteiger partial charge in [0.05, 0.1) is 0 Å². The third-order valence-corrected chi connectivity index (χ3v) is 2.48. The van der Waals surface area contributed by atoms with Gasteiger partial charge in [-0.15, -0.1) is 0 Å². The van der Waals surface area contributed by atoms with Crippen LogP contribution in [0, 0.1) is 0 Å². The van der Waals surface area contributed by atoms with Crippen molar-refractivity contribution >= 4 is 11.8 Å². The molecule has 0 aliphatic rings. The predicted octanol–water partition coefficient (Wildman–Crippen LogP) is 1.07. The van der Waals surface area contributed by atoms with Crippen LogP contribution >= 0.6 is 0 Å². The summed E-state index contributed by atoms with van der Waals surface area (Å²) < 4.78 is 1.22. The molecule has 2 N–H and O–H groups in total. The van der Waals surface area contributed by atoms with Crippen LogP contribution < -0.4 is 11.3 Å². The number of hydrogen-bond donors (Lipinski definition) is 1. The maximum absolute atomic E-state index is 11.6. The summed E-state index contributed by atoms with van der Waals surface area (Å²) >= 11 is 0. The van der Waals surface area contributed by atoms with Gasteiger partial charge in [0.2, 0.25) is 0 Å². The molecule has 0 fully saturated rings. The highest BCUT2D eigenvalue weighted by molar-refractivity contribution is 5.77. The minimum Gasteiger partial charge on any atom is -0.394 e. The molecule has 0 aliphatic heterocycles. The van der Waals surface area contributed by atoms with Crippen LogP contribution in [0.25, 0.3) is 17.3 Å². The number of hydrogen-bond acceptors (Lipinski definition) is 4. The van der Waals surface area contributed by atoms with Gasteiger partial charge in [0.15, 0.2) is 0 Å². The second-order valence-corrected chi connectivity index (χ2v) is 3.54. The van der Waals surface area contributed by atoms with E-state index in [9.17, 15) is 4.79 Å². The predicted molar refractivity (Wildman–Crippen MR) is 67.2 cm³/mol. The number of nitrogens with two attached hydrogens (primary N) is 1. The van der Waals surface area contributed by atoms with E-state index in [1.165, 1.54) is 4.68 Å². The number of pyridine rings is 1. The van der Waals surface area contributed by atoms with Crippen molar-refractivity contribution in [1.82, 2.24) is 14.8 Å². The molecule has 0 atom stereocenters. The lowest BCUT2D eigenvalue weighted by molar-refractivity contribution is 0.714. The van der Waals surface area contributed by atoms with Crippen LogP contribution in [0.1, 0.15) is 5.56 Å². The van der Waals surface area contributed by atoms with Crippen LogP contribution in [0.5, 0.6) is 0 Å². The molecule has 0 radical (unpaired) electrons. The molecule has 2 rings (SSSR count). The molecule has 0 unspecified atom stereocenters. The fraction of sp³-hybridized carbons (Fsp3) is 0.0833. The lowest BCUT2D eigenvalue weighted by atomic mass is 10.1.